The van der Waals surface area contributed by atoms with E-state index in [2.05, 4.69) is 10.5 Å². The second-order valence-electron chi connectivity index (χ2n) is 10.1. The van der Waals surface area contributed by atoms with Gasteiger partial charge in [-0.25, -0.2) is 22.3 Å². The first kappa shape index (κ1) is 31.9. The number of rotatable bonds is 8. The van der Waals surface area contributed by atoms with Gasteiger partial charge in [0.2, 0.25) is 20.0 Å². The molecular formula is C30H29Cl2N5O5S2. The molecule has 0 spiro atoms. The minimum absolute atomic E-state index is 0.00535. The average molecular weight is 675 g/mol. The van der Waals surface area contributed by atoms with Gasteiger partial charge in [0.1, 0.15) is 6.04 Å². The molecule has 0 unspecified atom stereocenters. The lowest BCUT2D eigenvalue weighted by Gasteiger charge is -2.38. The smallest absolute Gasteiger partial charge is 0.259 e. The van der Waals surface area contributed by atoms with Crippen LogP contribution < -0.4 is 5.43 Å². The van der Waals surface area contributed by atoms with Crippen LogP contribution in [0.5, 0.6) is 0 Å². The summed E-state index contributed by atoms with van der Waals surface area (Å²) in [6.45, 7) is 3.01. The largest absolute Gasteiger partial charge is 0.318 e. The highest BCUT2D eigenvalue weighted by Gasteiger charge is 2.43. The van der Waals surface area contributed by atoms with Crippen LogP contribution in [0.3, 0.4) is 0 Å². The van der Waals surface area contributed by atoms with Crippen molar-refractivity contribution in [1.29, 1.82) is 0 Å². The van der Waals surface area contributed by atoms with Crippen LogP contribution in [0.4, 0.5) is 0 Å². The summed E-state index contributed by atoms with van der Waals surface area (Å²) in [6, 6.07) is 21.2. The maximum atomic E-state index is 13.6. The summed E-state index contributed by atoms with van der Waals surface area (Å²) in [5.74, 6) is -0.774. The Morgan fingerprint density at radius 1 is 0.841 bits per heavy atom. The minimum atomic E-state index is -4.14. The Hall–Kier alpha value is -3.52. The Labute approximate surface area is 266 Å². The van der Waals surface area contributed by atoms with E-state index in [0.717, 1.165) is 25.7 Å². The van der Waals surface area contributed by atoms with Gasteiger partial charge in [0.15, 0.2) is 0 Å². The van der Waals surface area contributed by atoms with Crippen LogP contribution in [0.25, 0.3) is 5.69 Å². The molecule has 230 valence electrons. The molecule has 1 N–H and O–H groups in total. The number of aromatic nitrogens is 1. The van der Waals surface area contributed by atoms with Gasteiger partial charge in [-0.05, 0) is 62.4 Å². The van der Waals surface area contributed by atoms with Gasteiger partial charge in [-0.2, -0.15) is 13.7 Å². The Morgan fingerprint density at radius 2 is 1.41 bits per heavy atom. The number of nitrogens with one attached hydrogen (secondary N) is 1. The summed E-state index contributed by atoms with van der Waals surface area (Å²) in [5, 5.41) is 5.08. The first-order valence-corrected chi connectivity index (χ1v) is 17.1. The van der Waals surface area contributed by atoms with Crippen molar-refractivity contribution in [3.63, 3.8) is 0 Å². The molecule has 0 bridgehead atoms. The molecule has 0 aliphatic carbocycles. The van der Waals surface area contributed by atoms with Gasteiger partial charge >= 0.3 is 0 Å². The van der Waals surface area contributed by atoms with Crippen molar-refractivity contribution in [1.82, 2.24) is 18.6 Å². The normalized spacial score (nSPS) is 16.8. The summed E-state index contributed by atoms with van der Waals surface area (Å²) in [5.41, 5.74) is 5.53. The summed E-state index contributed by atoms with van der Waals surface area (Å²) in [7, 11) is -8.13. The molecule has 1 aliphatic rings. The van der Waals surface area contributed by atoms with E-state index in [-0.39, 0.29) is 22.9 Å². The van der Waals surface area contributed by atoms with Crippen molar-refractivity contribution >= 4 is 55.4 Å². The summed E-state index contributed by atoms with van der Waals surface area (Å²) >= 11 is 12.4. The monoisotopic (exact) mass is 673 g/mol. The number of carbonyl (C=O) groups is 1. The Morgan fingerprint density at radius 3 is 2.00 bits per heavy atom. The molecule has 1 aliphatic heterocycles. The summed E-state index contributed by atoms with van der Waals surface area (Å²) < 4.78 is 58.1. The van der Waals surface area contributed by atoms with E-state index >= 15 is 0 Å². The van der Waals surface area contributed by atoms with Crippen molar-refractivity contribution in [3.05, 3.63) is 112 Å². The average Bonchev–Trinajstić information content (AvgIpc) is 3.29. The fraction of sp³-hybridized carbons (Fsp3) is 0.200. The molecule has 44 heavy (non-hydrogen) atoms. The van der Waals surface area contributed by atoms with Gasteiger partial charge in [-0.1, -0.05) is 59.6 Å². The van der Waals surface area contributed by atoms with Crippen molar-refractivity contribution in [2.75, 3.05) is 19.6 Å². The number of hydrazone groups is 1. The van der Waals surface area contributed by atoms with E-state index in [9.17, 15) is 21.6 Å². The van der Waals surface area contributed by atoms with E-state index in [1.165, 1.54) is 30.5 Å². The van der Waals surface area contributed by atoms with Crippen LogP contribution >= 0.6 is 23.2 Å². The summed E-state index contributed by atoms with van der Waals surface area (Å²) in [6.07, 6.45) is 1.44. The number of nitrogens with zero attached hydrogens (tertiary/aromatic N) is 4. The highest BCUT2D eigenvalue weighted by molar-refractivity contribution is 7.89. The minimum Gasteiger partial charge on any atom is -0.318 e. The third-order valence-corrected chi connectivity index (χ3v) is 11.5. The number of carbonyl (C=O) groups excluding carboxylic acids is 1. The lowest BCUT2D eigenvalue weighted by molar-refractivity contribution is -0.125. The van der Waals surface area contributed by atoms with Crippen molar-refractivity contribution in [2.45, 2.75) is 29.7 Å². The van der Waals surface area contributed by atoms with Crippen molar-refractivity contribution in [2.24, 2.45) is 5.10 Å². The topological polar surface area (TPSA) is 121 Å². The van der Waals surface area contributed by atoms with E-state index < -0.39 is 38.5 Å². The van der Waals surface area contributed by atoms with Gasteiger partial charge in [0.25, 0.3) is 5.91 Å². The van der Waals surface area contributed by atoms with Crippen molar-refractivity contribution < 1.29 is 21.6 Å². The highest BCUT2D eigenvalue weighted by atomic mass is 35.5. The number of aryl methyl sites for hydroxylation is 1. The van der Waals surface area contributed by atoms with E-state index in [1.54, 1.807) is 54.6 Å². The molecular weight excluding hydrogens is 645 g/mol. The molecule has 10 nitrogen and oxygen atoms in total. The number of amides is 1. The van der Waals surface area contributed by atoms with Crippen LogP contribution in [0.2, 0.25) is 10.0 Å². The molecule has 1 atom stereocenters. The number of benzene rings is 3. The third kappa shape index (κ3) is 6.46. The zero-order valence-corrected chi connectivity index (χ0v) is 26.9. The fourth-order valence-electron chi connectivity index (χ4n) is 5.15. The first-order valence-electron chi connectivity index (χ1n) is 13.5. The molecule has 0 radical (unpaired) electrons. The molecule has 1 amide bonds. The van der Waals surface area contributed by atoms with Crippen LogP contribution in [-0.2, 0) is 24.8 Å². The fourth-order valence-corrected chi connectivity index (χ4v) is 8.72. The van der Waals surface area contributed by atoms with Crippen LogP contribution in [-0.4, -0.2) is 67.8 Å². The molecule has 1 aromatic heterocycles. The molecule has 0 saturated carbocycles. The van der Waals surface area contributed by atoms with Gasteiger partial charge in [-0.3, -0.25) is 4.79 Å². The van der Waals surface area contributed by atoms with Gasteiger partial charge in [0, 0.05) is 52.3 Å². The quantitative estimate of drug-likeness (QED) is 0.216. The van der Waals surface area contributed by atoms with E-state index in [1.807, 2.05) is 24.5 Å². The molecule has 14 heteroatoms. The molecule has 4 aromatic rings. The zero-order chi connectivity index (χ0) is 31.6. The van der Waals surface area contributed by atoms with E-state index in [0.29, 0.717) is 15.6 Å². The van der Waals surface area contributed by atoms with Crippen LogP contribution in [0.1, 0.15) is 17.0 Å². The van der Waals surface area contributed by atoms with Crippen LogP contribution in [0.15, 0.2) is 99.8 Å². The van der Waals surface area contributed by atoms with E-state index in [4.69, 9.17) is 23.2 Å². The third-order valence-electron chi connectivity index (χ3n) is 7.28. The SMILES string of the molecule is Cc1cc(/C=N\NC(=O)[C@@H]2CN(S(=O)(=O)c3ccccc3)CCN2S(=O)(=O)c2ccccc2)c(C)n1-c1cc(Cl)cc(Cl)c1. The molecule has 1 saturated heterocycles. The highest BCUT2D eigenvalue weighted by Crippen LogP contribution is 2.27. The summed E-state index contributed by atoms with van der Waals surface area (Å²) in [4.78, 5) is 13.6. The number of halogens is 2. The lowest BCUT2D eigenvalue weighted by Crippen LogP contribution is -2.60. The molecule has 5 rings (SSSR count). The van der Waals surface area contributed by atoms with Gasteiger partial charge < -0.3 is 4.57 Å². The molecule has 3 aromatic carbocycles. The maximum absolute atomic E-state index is 13.6. The predicted octanol–water partition coefficient (Wildman–Crippen LogP) is 4.62. The number of sulfonamides is 2. The first-order chi connectivity index (χ1) is 20.9. The number of hydrogen-bond acceptors (Lipinski definition) is 6. The van der Waals surface area contributed by atoms with Crippen molar-refractivity contribution in [3.8, 4) is 5.69 Å². The lowest BCUT2D eigenvalue weighted by atomic mass is 10.2. The van der Waals surface area contributed by atoms with Crippen LogP contribution in [0, 0.1) is 13.8 Å². The second kappa shape index (κ2) is 12.8. The standard InChI is InChI=1S/C30H29Cl2N5O5S2/c1-21-15-23(22(2)37(21)26-17-24(31)16-25(32)18-26)19-33-34-30(38)29-20-35(43(39,40)27-9-5-3-6-10-27)13-14-36(29)44(41,42)28-11-7-4-8-12-28/h3-12,15-19,29H,13-14,20H2,1-2H3,(H,34,38)/b33-19-/t29-/m0/s1. The van der Waals surface area contributed by atoms with Gasteiger partial charge in [-0.15, -0.1) is 0 Å². The zero-order valence-electron chi connectivity index (χ0n) is 23.8. The number of hydrogen-bond donors (Lipinski definition) is 1. The molecule has 1 fully saturated rings. The maximum Gasteiger partial charge on any atom is 0.259 e. The predicted molar refractivity (Wildman–Crippen MR) is 170 cm³/mol. The Balaban J connectivity index is 1.42. The molecule has 2 heterocycles. The Bertz CT molecular complexity index is 1910. The van der Waals surface area contributed by atoms with Gasteiger partial charge in [0.05, 0.1) is 16.0 Å². The number of piperazine rings is 1. The Kier molecular flexibility index (Phi) is 9.30. The second-order valence-corrected chi connectivity index (χ2v) is 14.8.